The van der Waals surface area contributed by atoms with Crippen molar-refractivity contribution in [3.63, 3.8) is 0 Å². The van der Waals surface area contributed by atoms with E-state index in [0.717, 1.165) is 12.8 Å². The van der Waals surface area contributed by atoms with Gasteiger partial charge in [0.1, 0.15) is 12.7 Å². The molecule has 1 aliphatic heterocycles. The molecule has 1 aliphatic rings. The molecule has 1 atom stereocenters. The summed E-state index contributed by atoms with van der Waals surface area (Å²) in [5.41, 5.74) is 1.23. The van der Waals surface area contributed by atoms with Crippen LogP contribution in [0.3, 0.4) is 0 Å². The van der Waals surface area contributed by atoms with Crippen molar-refractivity contribution in [2.75, 3.05) is 31.0 Å². The summed E-state index contributed by atoms with van der Waals surface area (Å²) in [7, 11) is 1.46. The van der Waals surface area contributed by atoms with Crippen molar-refractivity contribution in [1.29, 1.82) is 0 Å². The second kappa shape index (κ2) is 7.02. The molecule has 0 radical (unpaired) electrons. The Hall–Kier alpha value is -1.92. The first-order valence-electron chi connectivity index (χ1n) is 6.50. The third-order valence-electron chi connectivity index (χ3n) is 2.91. The number of hydrogen-bond acceptors (Lipinski definition) is 4. The van der Waals surface area contributed by atoms with E-state index in [1.807, 2.05) is 0 Å². The molecule has 6 nitrogen and oxygen atoms in total. The zero-order valence-electron chi connectivity index (χ0n) is 11.3. The molecule has 1 aromatic rings. The van der Waals surface area contributed by atoms with Gasteiger partial charge in [-0.05, 0) is 31.0 Å². The lowest BCUT2D eigenvalue weighted by Gasteiger charge is -2.11. The number of methoxy groups -OCH3 is 1. The molecule has 20 heavy (non-hydrogen) atoms. The highest BCUT2D eigenvalue weighted by atomic mass is 16.5. The number of hydrogen-bond donors (Lipinski definition) is 2. The van der Waals surface area contributed by atoms with Crippen LogP contribution in [0.1, 0.15) is 12.8 Å². The molecule has 1 saturated heterocycles. The number of carbonyl (C=O) groups excluding carboxylic acids is 2. The largest absolute Gasteiger partial charge is 0.375 e. The fourth-order valence-electron chi connectivity index (χ4n) is 2.01. The molecule has 0 aliphatic carbocycles. The van der Waals surface area contributed by atoms with Gasteiger partial charge in [-0.15, -0.1) is 0 Å². The van der Waals surface area contributed by atoms with E-state index in [4.69, 9.17) is 9.47 Å². The van der Waals surface area contributed by atoms with Crippen LogP contribution in [0.15, 0.2) is 24.3 Å². The summed E-state index contributed by atoms with van der Waals surface area (Å²) in [4.78, 5) is 23.3. The maximum Gasteiger partial charge on any atom is 0.253 e. The van der Waals surface area contributed by atoms with Gasteiger partial charge < -0.3 is 20.1 Å². The molecule has 2 amide bonds. The number of rotatable bonds is 5. The highest BCUT2D eigenvalue weighted by Crippen LogP contribution is 2.18. The minimum Gasteiger partial charge on any atom is -0.375 e. The third kappa shape index (κ3) is 4.04. The second-order valence-corrected chi connectivity index (χ2v) is 4.55. The molecule has 108 valence electrons. The van der Waals surface area contributed by atoms with Crippen molar-refractivity contribution < 1.29 is 19.1 Å². The monoisotopic (exact) mass is 278 g/mol. The summed E-state index contributed by atoms with van der Waals surface area (Å²) in [5.74, 6) is -0.391. The Morgan fingerprint density at radius 1 is 1.35 bits per heavy atom. The molecular weight excluding hydrogens is 260 g/mol. The van der Waals surface area contributed by atoms with Gasteiger partial charge in [0, 0.05) is 25.1 Å². The minimum atomic E-state index is -0.373. The lowest BCUT2D eigenvalue weighted by molar-refractivity contribution is -0.124. The summed E-state index contributed by atoms with van der Waals surface area (Å²) in [6.07, 6.45) is 1.28. The second-order valence-electron chi connectivity index (χ2n) is 4.55. The van der Waals surface area contributed by atoms with Gasteiger partial charge in [0.15, 0.2) is 0 Å². The maximum absolute atomic E-state index is 11.9. The summed E-state index contributed by atoms with van der Waals surface area (Å²) < 4.78 is 10.1. The first kappa shape index (κ1) is 14.5. The first-order chi connectivity index (χ1) is 9.69. The molecule has 0 aromatic heterocycles. The van der Waals surface area contributed by atoms with E-state index in [9.17, 15) is 9.59 Å². The lowest BCUT2D eigenvalue weighted by Crippen LogP contribution is -2.26. The van der Waals surface area contributed by atoms with Crippen LogP contribution in [0.5, 0.6) is 0 Å². The van der Waals surface area contributed by atoms with Crippen molar-refractivity contribution >= 4 is 23.2 Å². The third-order valence-corrected chi connectivity index (χ3v) is 2.91. The topological polar surface area (TPSA) is 76.7 Å². The standard InChI is InChI=1S/C14H18N2O4/c1-19-9-13(17)15-10-4-2-5-11(8-10)16-14(18)12-6-3-7-20-12/h2,4-5,8,12H,3,6-7,9H2,1H3,(H,15,17)(H,16,18)/t12-/m0/s1. The van der Waals surface area contributed by atoms with Crippen LogP contribution in [0, 0.1) is 0 Å². The number of amides is 2. The van der Waals surface area contributed by atoms with Crippen molar-refractivity contribution in [3.8, 4) is 0 Å². The number of ether oxygens (including phenoxy) is 2. The molecular formula is C14H18N2O4. The fourth-order valence-corrected chi connectivity index (χ4v) is 2.01. The quantitative estimate of drug-likeness (QED) is 0.853. The molecule has 1 fully saturated rings. The molecule has 0 saturated carbocycles. The van der Waals surface area contributed by atoms with Crippen LogP contribution < -0.4 is 10.6 Å². The number of benzene rings is 1. The zero-order chi connectivity index (χ0) is 14.4. The van der Waals surface area contributed by atoms with Gasteiger partial charge in [-0.25, -0.2) is 0 Å². The molecule has 2 rings (SSSR count). The molecule has 1 heterocycles. The van der Waals surface area contributed by atoms with E-state index in [2.05, 4.69) is 10.6 Å². The summed E-state index contributed by atoms with van der Waals surface area (Å²) >= 11 is 0. The SMILES string of the molecule is COCC(=O)Nc1cccc(NC(=O)[C@@H]2CCCO2)c1. The Morgan fingerprint density at radius 2 is 2.10 bits per heavy atom. The average molecular weight is 278 g/mol. The maximum atomic E-state index is 11.9. The van der Waals surface area contributed by atoms with Crippen molar-refractivity contribution in [2.45, 2.75) is 18.9 Å². The van der Waals surface area contributed by atoms with E-state index in [1.165, 1.54) is 7.11 Å². The van der Waals surface area contributed by atoms with Crippen LogP contribution >= 0.6 is 0 Å². The van der Waals surface area contributed by atoms with E-state index < -0.39 is 0 Å². The van der Waals surface area contributed by atoms with Gasteiger partial charge in [-0.2, -0.15) is 0 Å². The molecule has 2 N–H and O–H groups in total. The summed E-state index contributed by atoms with van der Waals surface area (Å²) in [6, 6.07) is 6.96. The van der Waals surface area contributed by atoms with Gasteiger partial charge in [0.2, 0.25) is 5.91 Å². The summed E-state index contributed by atoms with van der Waals surface area (Å²) in [6.45, 7) is 0.623. The van der Waals surface area contributed by atoms with Crippen LogP contribution in [-0.2, 0) is 19.1 Å². The fraction of sp³-hybridized carbons (Fsp3) is 0.429. The van der Waals surface area contributed by atoms with Gasteiger partial charge >= 0.3 is 0 Å². The van der Waals surface area contributed by atoms with Gasteiger partial charge in [0.25, 0.3) is 5.91 Å². The van der Waals surface area contributed by atoms with Crippen LogP contribution in [0.25, 0.3) is 0 Å². The predicted octanol–water partition coefficient (Wildman–Crippen LogP) is 1.39. The van der Waals surface area contributed by atoms with Gasteiger partial charge in [-0.1, -0.05) is 6.07 Å². The Morgan fingerprint density at radius 3 is 2.75 bits per heavy atom. The molecule has 1 aromatic carbocycles. The Bertz CT molecular complexity index is 484. The molecule has 0 spiro atoms. The molecule has 0 unspecified atom stereocenters. The zero-order valence-corrected chi connectivity index (χ0v) is 11.3. The van der Waals surface area contributed by atoms with Crippen molar-refractivity contribution in [1.82, 2.24) is 0 Å². The van der Waals surface area contributed by atoms with E-state index in [1.54, 1.807) is 24.3 Å². The van der Waals surface area contributed by atoms with Crippen LogP contribution in [-0.4, -0.2) is 38.2 Å². The normalized spacial score (nSPS) is 17.8. The number of anilines is 2. The molecule has 0 bridgehead atoms. The first-order valence-corrected chi connectivity index (χ1v) is 6.50. The minimum absolute atomic E-state index is 0.00744. The van der Waals surface area contributed by atoms with E-state index >= 15 is 0 Å². The van der Waals surface area contributed by atoms with Gasteiger partial charge in [-0.3, -0.25) is 9.59 Å². The molecule has 6 heteroatoms. The highest BCUT2D eigenvalue weighted by molar-refractivity contribution is 5.96. The lowest BCUT2D eigenvalue weighted by atomic mass is 10.2. The highest BCUT2D eigenvalue weighted by Gasteiger charge is 2.23. The van der Waals surface area contributed by atoms with Crippen molar-refractivity contribution in [2.24, 2.45) is 0 Å². The smallest absolute Gasteiger partial charge is 0.253 e. The van der Waals surface area contributed by atoms with Crippen LogP contribution in [0.4, 0.5) is 11.4 Å². The number of nitrogens with one attached hydrogen (secondary N) is 2. The Balaban J connectivity index is 1.95. The van der Waals surface area contributed by atoms with Crippen LogP contribution in [0.2, 0.25) is 0 Å². The Kier molecular flexibility index (Phi) is 5.09. The number of carbonyl (C=O) groups is 2. The summed E-state index contributed by atoms with van der Waals surface area (Å²) in [5, 5.41) is 5.46. The van der Waals surface area contributed by atoms with Crippen molar-refractivity contribution in [3.05, 3.63) is 24.3 Å². The Labute approximate surface area is 117 Å². The van der Waals surface area contributed by atoms with Gasteiger partial charge in [0.05, 0.1) is 0 Å². The van der Waals surface area contributed by atoms with E-state index in [0.29, 0.717) is 18.0 Å². The van der Waals surface area contributed by atoms with E-state index in [-0.39, 0.29) is 24.5 Å². The predicted molar refractivity (Wildman–Crippen MR) is 74.6 cm³/mol. The average Bonchev–Trinajstić information content (AvgIpc) is 2.93.